The molecule has 0 N–H and O–H groups in total. The maximum atomic E-state index is 12.7. The van der Waals surface area contributed by atoms with Crippen molar-refractivity contribution in [3.05, 3.63) is 24.5 Å². The molecule has 1 atom stereocenters. The average molecular weight is 359 g/mol. The van der Waals surface area contributed by atoms with Crippen molar-refractivity contribution >= 4 is 17.7 Å². The maximum absolute atomic E-state index is 12.7. The van der Waals surface area contributed by atoms with Crippen LogP contribution in [0.25, 0.3) is 11.4 Å². The fourth-order valence-electron chi connectivity index (χ4n) is 2.96. The van der Waals surface area contributed by atoms with Crippen molar-refractivity contribution < 1.29 is 9.53 Å². The van der Waals surface area contributed by atoms with Crippen LogP contribution < -0.4 is 0 Å². The molecule has 7 nitrogen and oxygen atoms in total. The molecule has 1 saturated heterocycles. The zero-order chi connectivity index (χ0) is 17.2. The van der Waals surface area contributed by atoms with Gasteiger partial charge in [-0.15, -0.1) is 10.2 Å². The van der Waals surface area contributed by atoms with E-state index in [4.69, 9.17) is 4.74 Å². The second-order valence-corrected chi connectivity index (χ2v) is 7.65. The molecule has 0 bridgehead atoms. The molecule has 0 spiro atoms. The second kappa shape index (κ2) is 7.13. The third-order valence-electron chi connectivity index (χ3n) is 4.45. The van der Waals surface area contributed by atoms with Crippen LogP contribution in [-0.2, 0) is 9.53 Å². The van der Waals surface area contributed by atoms with Gasteiger partial charge in [0.15, 0.2) is 11.0 Å². The first-order valence-electron chi connectivity index (χ1n) is 8.62. The van der Waals surface area contributed by atoms with Gasteiger partial charge in [-0.3, -0.25) is 14.3 Å². The van der Waals surface area contributed by atoms with Crippen molar-refractivity contribution in [3.63, 3.8) is 0 Å². The molecule has 1 aliphatic heterocycles. The van der Waals surface area contributed by atoms with Crippen LogP contribution in [0.5, 0.6) is 0 Å². The lowest BCUT2D eigenvalue weighted by atomic mass is 10.3. The molecular formula is C17H21N5O2S. The number of hydrogen-bond acceptors (Lipinski definition) is 6. The lowest BCUT2D eigenvalue weighted by Crippen LogP contribution is -2.44. The molecule has 2 aromatic rings. The van der Waals surface area contributed by atoms with Crippen molar-refractivity contribution in [1.82, 2.24) is 24.6 Å². The summed E-state index contributed by atoms with van der Waals surface area (Å²) < 4.78 is 7.50. The van der Waals surface area contributed by atoms with Crippen LogP contribution in [0.4, 0.5) is 0 Å². The summed E-state index contributed by atoms with van der Waals surface area (Å²) in [4.78, 5) is 18.7. The molecule has 1 amide bonds. The number of carbonyl (C=O) groups excluding carboxylic acids is 1. The summed E-state index contributed by atoms with van der Waals surface area (Å²) in [5.41, 5.74) is 0.959. The predicted octanol–water partition coefficient (Wildman–Crippen LogP) is 2.01. The lowest BCUT2D eigenvalue weighted by molar-refractivity contribution is -0.134. The van der Waals surface area contributed by atoms with Crippen LogP contribution in [0.15, 0.2) is 29.7 Å². The highest BCUT2D eigenvalue weighted by Crippen LogP contribution is 2.41. The van der Waals surface area contributed by atoms with E-state index in [1.54, 1.807) is 12.4 Å². The Balaban J connectivity index is 1.54. The predicted molar refractivity (Wildman–Crippen MR) is 94.2 cm³/mol. The number of aromatic nitrogens is 4. The van der Waals surface area contributed by atoms with Gasteiger partial charge in [-0.2, -0.15) is 0 Å². The van der Waals surface area contributed by atoms with Crippen LogP contribution in [0.2, 0.25) is 0 Å². The first-order chi connectivity index (χ1) is 12.2. The van der Waals surface area contributed by atoms with E-state index in [9.17, 15) is 4.79 Å². The molecule has 0 aromatic carbocycles. The minimum absolute atomic E-state index is 0.140. The molecule has 1 saturated carbocycles. The Hall–Kier alpha value is -1.93. The number of nitrogens with zero attached hydrogens (tertiary/aromatic N) is 5. The van der Waals surface area contributed by atoms with E-state index in [1.165, 1.54) is 11.8 Å². The van der Waals surface area contributed by atoms with Crippen molar-refractivity contribution in [3.8, 4) is 11.4 Å². The van der Waals surface area contributed by atoms with Gasteiger partial charge in [-0.25, -0.2) is 0 Å². The summed E-state index contributed by atoms with van der Waals surface area (Å²) >= 11 is 1.49. The van der Waals surface area contributed by atoms with Crippen LogP contribution in [0.1, 0.15) is 25.8 Å². The zero-order valence-electron chi connectivity index (χ0n) is 14.2. The summed E-state index contributed by atoms with van der Waals surface area (Å²) in [5.74, 6) is 0.977. The fraction of sp³-hybridized carbons (Fsp3) is 0.529. The molecule has 25 heavy (non-hydrogen) atoms. The summed E-state index contributed by atoms with van der Waals surface area (Å²) in [6, 6.07) is 4.32. The van der Waals surface area contributed by atoms with Gasteiger partial charge in [0.2, 0.25) is 5.91 Å². The number of hydrogen-bond donors (Lipinski definition) is 0. The Kier molecular flexibility index (Phi) is 4.72. The molecule has 1 aliphatic carbocycles. The van der Waals surface area contributed by atoms with Crippen molar-refractivity contribution in [1.29, 1.82) is 0 Å². The van der Waals surface area contributed by atoms with Crippen LogP contribution in [-0.4, -0.2) is 62.1 Å². The first-order valence-corrected chi connectivity index (χ1v) is 9.50. The Labute approximate surface area is 150 Å². The first kappa shape index (κ1) is 16.5. The number of amides is 1. The molecule has 2 fully saturated rings. The van der Waals surface area contributed by atoms with E-state index in [1.807, 2.05) is 24.0 Å². The molecule has 0 radical (unpaired) electrons. The van der Waals surface area contributed by atoms with Gasteiger partial charge < -0.3 is 9.64 Å². The van der Waals surface area contributed by atoms with Crippen LogP contribution in [0, 0.1) is 0 Å². The number of thioether (sulfide) groups is 1. The monoisotopic (exact) mass is 359 g/mol. The number of rotatable bonds is 5. The minimum Gasteiger partial charge on any atom is -0.378 e. The van der Waals surface area contributed by atoms with Gasteiger partial charge in [-0.05, 0) is 31.9 Å². The van der Waals surface area contributed by atoms with Crippen molar-refractivity contribution in [2.75, 3.05) is 26.3 Å². The van der Waals surface area contributed by atoms with Gasteiger partial charge in [0.25, 0.3) is 0 Å². The number of ether oxygens (including phenoxy) is 1. The SMILES string of the molecule is CC(Sc1nnc(-c2cccnc2)n1C1CC1)C(=O)N1CCOCC1. The molecule has 1 unspecified atom stereocenters. The molecule has 132 valence electrons. The number of carbonyl (C=O) groups is 1. The summed E-state index contributed by atoms with van der Waals surface area (Å²) in [5, 5.41) is 9.38. The fourth-order valence-corrected chi connectivity index (χ4v) is 3.96. The molecule has 2 aliphatic rings. The van der Waals surface area contributed by atoms with E-state index >= 15 is 0 Å². The van der Waals surface area contributed by atoms with E-state index in [0.29, 0.717) is 32.3 Å². The highest BCUT2D eigenvalue weighted by Gasteiger charge is 2.32. The van der Waals surface area contributed by atoms with E-state index in [-0.39, 0.29) is 11.2 Å². The maximum Gasteiger partial charge on any atom is 0.236 e. The minimum atomic E-state index is -0.193. The van der Waals surface area contributed by atoms with Gasteiger partial charge in [-0.1, -0.05) is 11.8 Å². The summed E-state index contributed by atoms with van der Waals surface area (Å²) in [6.07, 6.45) is 5.81. The van der Waals surface area contributed by atoms with Gasteiger partial charge in [0, 0.05) is 37.1 Å². The molecular weight excluding hydrogens is 338 g/mol. The smallest absolute Gasteiger partial charge is 0.236 e. The highest BCUT2D eigenvalue weighted by atomic mass is 32.2. The van der Waals surface area contributed by atoms with E-state index in [2.05, 4.69) is 19.7 Å². The van der Waals surface area contributed by atoms with Crippen LogP contribution in [0.3, 0.4) is 0 Å². The van der Waals surface area contributed by atoms with E-state index < -0.39 is 0 Å². The van der Waals surface area contributed by atoms with Crippen LogP contribution >= 0.6 is 11.8 Å². The summed E-state index contributed by atoms with van der Waals surface area (Å²) in [7, 11) is 0. The lowest BCUT2D eigenvalue weighted by Gasteiger charge is -2.28. The molecule has 2 aromatic heterocycles. The number of pyridine rings is 1. The Morgan fingerprint density at radius 1 is 1.32 bits per heavy atom. The largest absolute Gasteiger partial charge is 0.378 e. The Morgan fingerprint density at radius 3 is 2.80 bits per heavy atom. The molecule has 8 heteroatoms. The topological polar surface area (TPSA) is 73.1 Å². The average Bonchev–Trinajstić information content (AvgIpc) is 3.42. The standard InChI is InChI=1S/C17H21N5O2S/c1-12(16(23)21-7-9-24-10-8-21)25-17-20-19-15(22(17)14-4-5-14)13-3-2-6-18-11-13/h2-3,6,11-12,14H,4-5,7-10H2,1H3. The number of morpholine rings is 1. The summed E-state index contributed by atoms with van der Waals surface area (Å²) in [6.45, 7) is 4.51. The van der Waals surface area contributed by atoms with Gasteiger partial charge in [0.1, 0.15) is 0 Å². The zero-order valence-corrected chi connectivity index (χ0v) is 15.0. The molecule has 4 rings (SSSR count). The quantitative estimate of drug-likeness (QED) is 0.761. The molecule has 3 heterocycles. The van der Waals surface area contributed by atoms with Crippen molar-refractivity contribution in [2.24, 2.45) is 0 Å². The Morgan fingerprint density at radius 2 is 2.12 bits per heavy atom. The third-order valence-corrected chi connectivity index (χ3v) is 5.49. The third kappa shape index (κ3) is 3.55. The second-order valence-electron chi connectivity index (χ2n) is 6.35. The van der Waals surface area contributed by atoms with Gasteiger partial charge >= 0.3 is 0 Å². The normalized spacial score (nSPS) is 19.0. The highest BCUT2D eigenvalue weighted by molar-refractivity contribution is 8.00. The van der Waals surface area contributed by atoms with Gasteiger partial charge in [0.05, 0.1) is 18.5 Å². The van der Waals surface area contributed by atoms with Crippen molar-refractivity contribution in [2.45, 2.75) is 36.2 Å². The Bertz CT molecular complexity index is 741. The van der Waals surface area contributed by atoms with E-state index in [0.717, 1.165) is 29.4 Å².